The number of pyridine rings is 3. The van der Waals surface area contributed by atoms with Crippen LogP contribution in [0.15, 0.2) is 48.7 Å². The van der Waals surface area contributed by atoms with Crippen molar-refractivity contribution in [1.82, 2.24) is 20.3 Å². The van der Waals surface area contributed by atoms with E-state index in [1.165, 1.54) is 0 Å². The number of fused-ring (bicyclic) bond motifs is 1. The number of nitrogen functional groups attached to an aromatic ring is 1. The van der Waals surface area contributed by atoms with Crippen molar-refractivity contribution >= 4 is 34.2 Å². The number of carbonyl (C=O) groups excluding carboxylic acids is 1. The van der Waals surface area contributed by atoms with Crippen molar-refractivity contribution in [3.05, 3.63) is 93.0 Å². The molecule has 7 nitrogen and oxygen atoms in total. The van der Waals surface area contributed by atoms with E-state index in [2.05, 4.69) is 20.3 Å². The second-order valence-corrected chi connectivity index (χ2v) is 9.70. The van der Waals surface area contributed by atoms with Crippen molar-refractivity contribution in [2.75, 3.05) is 5.73 Å². The van der Waals surface area contributed by atoms with Crippen LogP contribution in [-0.4, -0.2) is 26.0 Å². The molecule has 3 heterocycles. The third kappa shape index (κ3) is 5.75. The highest BCUT2D eigenvalue weighted by molar-refractivity contribution is 6.31. The summed E-state index contributed by atoms with van der Waals surface area (Å²) in [7, 11) is 0. The summed E-state index contributed by atoms with van der Waals surface area (Å²) in [5, 5.41) is 15.1. The number of carbonyl (C=O) groups is 1. The van der Waals surface area contributed by atoms with Gasteiger partial charge in [0, 0.05) is 41.5 Å². The van der Waals surface area contributed by atoms with E-state index in [4.69, 9.17) is 17.3 Å². The predicted octanol–water partition coefficient (Wildman–Crippen LogP) is 4.63. The maximum Gasteiger partial charge on any atom is 0.251 e. The van der Waals surface area contributed by atoms with Crippen LogP contribution in [-0.2, 0) is 18.6 Å². The van der Waals surface area contributed by atoms with Gasteiger partial charge in [0.25, 0.3) is 5.91 Å². The van der Waals surface area contributed by atoms with Crippen LogP contribution in [0.4, 0.5) is 5.82 Å². The molecular formula is C27H28ClN5O2. The Morgan fingerprint density at radius 1 is 1.11 bits per heavy atom. The Balaban J connectivity index is 1.62. The zero-order chi connectivity index (χ0) is 25.3. The van der Waals surface area contributed by atoms with E-state index in [1.54, 1.807) is 38.2 Å². The van der Waals surface area contributed by atoms with Crippen LogP contribution < -0.4 is 11.1 Å². The topological polar surface area (TPSA) is 114 Å². The predicted molar refractivity (Wildman–Crippen MR) is 138 cm³/mol. The van der Waals surface area contributed by atoms with Crippen LogP contribution in [0.5, 0.6) is 0 Å². The van der Waals surface area contributed by atoms with Gasteiger partial charge in [-0.15, -0.1) is 0 Å². The number of nitrogens with one attached hydrogen (secondary N) is 1. The van der Waals surface area contributed by atoms with Gasteiger partial charge >= 0.3 is 0 Å². The van der Waals surface area contributed by atoms with E-state index in [9.17, 15) is 9.90 Å². The molecule has 4 N–H and O–H groups in total. The number of amides is 1. The molecule has 0 saturated heterocycles. The van der Waals surface area contributed by atoms with E-state index in [-0.39, 0.29) is 5.91 Å². The standard InChI is InChI=1S/C27H28ClN5O2/c1-15-7-25(29)32-16(2)22(15)14-31-26(34)19-11-21(33-24(12-19)27(3,4)35)9-17-5-6-23-18(8-17)10-20(28)13-30-23/h5-8,10-13,35H,9,14H2,1-4H3,(H2,29,32)(H,31,34). The van der Waals surface area contributed by atoms with Gasteiger partial charge in [-0.2, -0.15) is 0 Å². The van der Waals surface area contributed by atoms with Crippen molar-refractivity contribution < 1.29 is 9.90 Å². The van der Waals surface area contributed by atoms with Crippen LogP contribution >= 0.6 is 11.6 Å². The van der Waals surface area contributed by atoms with Crippen LogP contribution in [0.2, 0.25) is 5.02 Å². The minimum absolute atomic E-state index is 0.260. The monoisotopic (exact) mass is 489 g/mol. The Hall–Kier alpha value is -3.55. The summed E-state index contributed by atoms with van der Waals surface area (Å²) in [6, 6.07) is 12.9. The Bertz CT molecular complexity index is 1410. The molecule has 1 aromatic carbocycles. The molecule has 0 aliphatic heterocycles. The molecule has 0 spiro atoms. The lowest BCUT2D eigenvalue weighted by Crippen LogP contribution is -2.26. The first-order valence-electron chi connectivity index (χ1n) is 11.3. The molecule has 0 aliphatic carbocycles. The fourth-order valence-electron chi connectivity index (χ4n) is 4.02. The van der Waals surface area contributed by atoms with Gasteiger partial charge in [0.15, 0.2) is 0 Å². The Morgan fingerprint density at radius 2 is 1.89 bits per heavy atom. The van der Waals surface area contributed by atoms with Crippen LogP contribution in [0.25, 0.3) is 10.9 Å². The number of nitrogens with two attached hydrogens (primary N) is 1. The van der Waals surface area contributed by atoms with Gasteiger partial charge in [0.05, 0.1) is 16.2 Å². The van der Waals surface area contributed by atoms with Gasteiger partial charge < -0.3 is 16.2 Å². The maximum atomic E-state index is 13.1. The zero-order valence-electron chi connectivity index (χ0n) is 20.2. The van der Waals surface area contributed by atoms with Crippen molar-refractivity contribution in [3.8, 4) is 0 Å². The molecule has 0 aliphatic rings. The second-order valence-electron chi connectivity index (χ2n) is 9.26. The molecule has 4 aromatic rings. The minimum Gasteiger partial charge on any atom is -0.384 e. The number of anilines is 1. The number of aromatic nitrogens is 3. The third-order valence-corrected chi connectivity index (χ3v) is 6.07. The average molecular weight is 490 g/mol. The quantitative estimate of drug-likeness (QED) is 0.364. The first-order valence-corrected chi connectivity index (χ1v) is 11.7. The molecule has 4 rings (SSSR count). The average Bonchev–Trinajstić information content (AvgIpc) is 2.77. The molecular weight excluding hydrogens is 462 g/mol. The molecule has 0 unspecified atom stereocenters. The smallest absolute Gasteiger partial charge is 0.251 e. The number of hydrogen-bond donors (Lipinski definition) is 3. The fraction of sp³-hybridized carbons (Fsp3) is 0.259. The lowest BCUT2D eigenvalue weighted by atomic mass is 9.99. The molecule has 1 amide bonds. The molecule has 0 saturated carbocycles. The molecule has 0 bridgehead atoms. The van der Waals surface area contributed by atoms with Gasteiger partial charge in [-0.05, 0) is 80.8 Å². The summed E-state index contributed by atoms with van der Waals surface area (Å²) >= 11 is 6.10. The van der Waals surface area contributed by atoms with Gasteiger partial charge in [0.1, 0.15) is 11.4 Å². The lowest BCUT2D eigenvalue weighted by Gasteiger charge is -2.19. The number of halogens is 1. The highest BCUT2D eigenvalue weighted by Gasteiger charge is 2.21. The van der Waals surface area contributed by atoms with Gasteiger partial charge in [-0.25, -0.2) is 4.98 Å². The van der Waals surface area contributed by atoms with E-state index in [0.29, 0.717) is 40.8 Å². The van der Waals surface area contributed by atoms with Crippen molar-refractivity contribution in [1.29, 1.82) is 0 Å². The van der Waals surface area contributed by atoms with E-state index >= 15 is 0 Å². The number of aryl methyl sites for hydroxylation is 2. The van der Waals surface area contributed by atoms with E-state index in [1.807, 2.05) is 38.1 Å². The molecule has 35 heavy (non-hydrogen) atoms. The largest absolute Gasteiger partial charge is 0.384 e. The fourth-order valence-corrected chi connectivity index (χ4v) is 4.19. The summed E-state index contributed by atoms with van der Waals surface area (Å²) in [5.74, 6) is 0.194. The first kappa shape index (κ1) is 24.6. The number of nitrogens with zero attached hydrogens (tertiary/aromatic N) is 3. The van der Waals surface area contributed by atoms with Crippen molar-refractivity contribution in [2.45, 2.75) is 46.3 Å². The van der Waals surface area contributed by atoms with E-state index < -0.39 is 5.60 Å². The number of rotatable bonds is 6. The normalized spacial score (nSPS) is 11.6. The molecule has 8 heteroatoms. The van der Waals surface area contributed by atoms with Gasteiger partial charge in [0.2, 0.25) is 0 Å². The van der Waals surface area contributed by atoms with Crippen molar-refractivity contribution in [3.63, 3.8) is 0 Å². The summed E-state index contributed by atoms with van der Waals surface area (Å²) in [6.45, 7) is 7.43. The summed E-state index contributed by atoms with van der Waals surface area (Å²) < 4.78 is 0. The second kappa shape index (κ2) is 9.60. The number of hydrogen-bond acceptors (Lipinski definition) is 6. The Morgan fingerprint density at radius 3 is 2.60 bits per heavy atom. The summed E-state index contributed by atoms with van der Waals surface area (Å²) in [4.78, 5) is 26.4. The van der Waals surface area contributed by atoms with Crippen LogP contribution in [0.1, 0.15) is 58.0 Å². The molecule has 180 valence electrons. The molecule has 0 fully saturated rings. The Kier molecular flexibility index (Phi) is 6.74. The Labute approximate surface area is 209 Å². The van der Waals surface area contributed by atoms with Crippen molar-refractivity contribution in [2.24, 2.45) is 0 Å². The van der Waals surface area contributed by atoms with Crippen LogP contribution in [0, 0.1) is 13.8 Å². The summed E-state index contributed by atoms with van der Waals surface area (Å²) in [5.41, 5.74) is 10.6. The minimum atomic E-state index is -1.21. The highest BCUT2D eigenvalue weighted by Crippen LogP contribution is 2.23. The molecule has 0 atom stereocenters. The zero-order valence-corrected chi connectivity index (χ0v) is 20.9. The van der Waals surface area contributed by atoms with Gasteiger partial charge in [-0.3, -0.25) is 14.8 Å². The molecule has 3 aromatic heterocycles. The van der Waals surface area contributed by atoms with E-state index in [0.717, 1.165) is 33.3 Å². The number of aliphatic hydroxyl groups is 1. The highest BCUT2D eigenvalue weighted by atomic mass is 35.5. The third-order valence-electron chi connectivity index (χ3n) is 5.86. The van der Waals surface area contributed by atoms with Crippen LogP contribution in [0.3, 0.4) is 0 Å². The summed E-state index contributed by atoms with van der Waals surface area (Å²) in [6.07, 6.45) is 2.10. The first-order chi connectivity index (χ1) is 16.5. The maximum absolute atomic E-state index is 13.1. The van der Waals surface area contributed by atoms with Gasteiger partial charge in [-0.1, -0.05) is 17.7 Å². The molecule has 0 radical (unpaired) electrons. The lowest BCUT2D eigenvalue weighted by molar-refractivity contribution is 0.0735. The SMILES string of the molecule is Cc1cc(N)nc(C)c1CNC(=O)c1cc(Cc2ccc3ncc(Cl)cc3c2)nc(C(C)(C)O)c1. The number of benzene rings is 1.